The Bertz CT molecular complexity index is 1780. The van der Waals surface area contributed by atoms with Gasteiger partial charge in [0.25, 0.3) is 0 Å². The number of hydrazone groups is 1. The van der Waals surface area contributed by atoms with Crippen molar-refractivity contribution in [2.75, 3.05) is 41.3 Å². The summed E-state index contributed by atoms with van der Waals surface area (Å²) in [6.45, 7) is 29.3. The van der Waals surface area contributed by atoms with Crippen molar-refractivity contribution in [3.63, 3.8) is 0 Å². The second-order valence-corrected chi connectivity index (χ2v) is 13.1. The molecular formula is C39H62N14O3Re4-4. The molecule has 0 aliphatic carbocycles. The Balaban J connectivity index is -0.000000122. The Morgan fingerprint density at radius 1 is 0.800 bits per heavy atom. The number of hydrazine groups is 3. The predicted octanol–water partition coefficient (Wildman–Crippen LogP) is 3.75. The molecule has 2 aromatic carbocycles. The minimum absolute atomic E-state index is 0. The van der Waals surface area contributed by atoms with Crippen LogP contribution >= 0.6 is 0 Å². The van der Waals surface area contributed by atoms with Gasteiger partial charge in [0.1, 0.15) is 0 Å². The number of benzene rings is 2. The summed E-state index contributed by atoms with van der Waals surface area (Å²) in [4.78, 5) is 43.6. The molecule has 0 aliphatic rings. The number of H-pyrrole nitrogens is 2. The number of nitrogens with two attached hydrogens (primary N) is 2. The average Bonchev–Trinajstić information content (AvgIpc) is 3.74. The molecule has 17 nitrogen and oxygen atoms in total. The number of aromatic nitrogens is 2. The van der Waals surface area contributed by atoms with Crippen molar-refractivity contribution in [3.05, 3.63) is 97.6 Å². The summed E-state index contributed by atoms with van der Waals surface area (Å²) >= 11 is 0. The number of carbonyl (C=O) groups is 3. The summed E-state index contributed by atoms with van der Waals surface area (Å²) in [5.74, 6) is 8.45. The number of nitrogens with zero attached hydrogens (tertiary/aromatic N) is 5. The Hall–Kier alpha value is -3.01. The molecule has 21 heteroatoms. The summed E-state index contributed by atoms with van der Waals surface area (Å²) in [6.07, 6.45) is 6.30. The van der Waals surface area contributed by atoms with Crippen LogP contribution < -0.4 is 38.8 Å². The van der Waals surface area contributed by atoms with Gasteiger partial charge in [-0.2, -0.15) is 0 Å². The molecule has 4 aromatic rings. The molecule has 0 unspecified atom stereocenters. The first-order valence-corrected chi connectivity index (χ1v) is 17.1. The number of likely N-dealkylation sites (N-methyl/N-ethyl adjacent to an activating group) is 2. The van der Waals surface area contributed by atoms with Crippen LogP contribution in [0.2, 0.25) is 0 Å². The number of aromatic amines is 2. The van der Waals surface area contributed by atoms with Gasteiger partial charge >= 0.3 is 0 Å². The Morgan fingerprint density at radius 3 is 1.47 bits per heavy atom. The molecule has 4 radical (unpaired) electrons. The van der Waals surface area contributed by atoms with Gasteiger partial charge in [-0.15, -0.1) is 0 Å². The summed E-state index contributed by atoms with van der Waals surface area (Å²) in [5.41, 5.74) is 17.7. The fraction of sp³-hybridized carbons (Fsp3) is 0.385. The maximum absolute atomic E-state index is 9.83. The first-order valence-electron chi connectivity index (χ1n) is 17.1. The van der Waals surface area contributed by atoms with E-state index < -0.39 is 0 Å². The van der Waals surface area contributed by atoms with Crippen LogP contribution in [0.3, 0.4) is 0 Å². The zero-order valence-corrected chi connectivity index (χ0v) is 46.9. The fourth-order valence-corrected chi connectivity index (χ4v) is 4.20. The second-order valence-electron chi connectivity index (χ2n) is 13.1. The standard InChI is InChI=1S/C16H24N2.C13H15N3.C3H7N2O.C3H5N2O.C2H6N2O.CH5N2.CN.4Re/c1-16(2,3)13-6-7-15-14(10-13)12(11-17-15)8-9-18(4)5;1-14-11-4-5-13-12(8-11)10(9-15-13)6-7-16(2)3;2*1-3(6)5-4-2;1-2(5)4-3;1-3-2;1-2;;;;/h6-7,10-11,17H,8-9H2,1-5H3;4-5,8-9,15H,6-7H2,2-3H3;4H,2H2,1H3,(H,5,6);2H,1H3,(H,5,6);3H2,1H3,(H,4,5);3H,1-2H2;;;;;/q;;2*-1;;2*-1;;;;. The number of fused-ring (bicyclic) bond motifs is 2. The topological polar surface area (TPSA) is 242 Å². The molecule has 11 N–H and O–H groups in total. The summed E-state index contributed by atoms with van der Waals surface area (Å²) in [7, 11) is 14.5. The number of hydrogen-bond donors (Lipinski definition) is 9. The monoisotopic (exact) mass is 1520 g/mol. The van der Waals surface area contributed by atoms with Crippen molar-refractivity contribution in [2.45, 2.75) is 59.8 Å². The summed E-state index contributed by atoms with van der Waals surface area (Å²) in [5, 5.41) is 11.6. The normalized spacial score (nSPS) is 9.02. The minimum Gasteiger partial charge on any atom is -0.512 e. The van der Waals surface area contributed by atoms with Crippen molar-refractivity contribution in [1.82, 2.24) is 46.9 Å². The van der Waals surface area contributed by atoms with E-state index in [1.54, 1.807) is 0 Å². The van der Waals surface area contributed by atoms with Gasteiger partial charge in [0.2, 0.25) is 17.7 Å². The van der Waals surface area contributed by atoms with E-state index in [1.807, 2.05) is 40.7 Å². The van der Waals surface area contributed by atoms with E-state index in [4.69, 9.17) is 18.4 Å². The van der Waals surface area contributed by atoms with Crippen molar-refractivity contribution in [1.29, 1.82) is 5.26 Å². The maximum atomic E-state index is 9.83. The van der Waals surface area contributed by atoms with E-state index in [2.05, 4.69) is 146 Å². The molecule has 0 fully saturated rings. The Morgan fingerprint density at radius 2 is 1.20 bits per heavy atom. The molecule has 0 aliphatic heterocycles. The Labute approximate surface area is 412 Å². The molecule has 2 aromatic heterocycles. The molecule has 4 rings (SSSR count). The third-order valence-electron chi connectivity index (χ3n) is 6.86. The molecule has 0 bridgehead atoms. The van der Waals surface area contributed by atoms with E-state index in [9.17, 15) is 14.4 Å². The minimum atomic E-state index is -0.252. The van der Waals surface area contributed by atoms with Gasteiger partial charge in [-0.25, -0.2) is 10.7 Å². The van der Waals surface area contributed by atoms with Crippen LogP contribution in [-0.4, -0.2) is 85.5 Å². The van der Waals surface area contributed by atoms with Gasteiger partial charge < -0.3 is 65.5 Å². The number of hydrogen-bond acceptors (Lipinski definition) is 11. The van der Waals surface area contributed by atoms with Crippen LogP contribution in [0.5, 0.6) is 0 Å². The van der Waals surface area contributed by atoms with Gasteiger partial charge in [0.05, 0.1) is 6.57 Å². The van der Waals surface area contributed by atoms with Crippen molar-refractivity contribution >= 4 is 51.9 Å². The van der Waals surface area contributed by atoms with Gasteiger partial charge in [-0.05, 0) is 92.8 Å². The van der Waals surface area contributed by atoms with E-state index >= 15 is 0 Å². The first kappa shape index (κ1) is 71.5. The van der Waals surface area contributed by atoms with Gasteiger partial charge in [-0.1, -0.05) is 32.9 Å². The second kappa shape index (κ2) is 42.7. The molecule has 2 heterocycles. The number of carbonyl (C=O) groups excluding carboxylic acids is 3. The third-order valence-corrected chi connectivity index (χ3v) is 6.86. The van der Waals surface area contributed by atoms with Gasteiger partial charge in [0.15, 0.2) is 5.69 Å². The van der Waals surface area contributed by atoms with Gasteiger partial charge in [-0.3, -0.25) is 39.3 Å². The molecule has 338 valence electrons. The predicted molar refractivity (Wildman–Crippen MR) is 226 cm³/mol. The molecule has 0 saturated heterocycles. The van der Waals surface area contributed by atoms with Crippen LogP contribution in [0.1, 0.15) is 58.2 Å². The largest absolute Gasteiger partial charge is 0.512 e. The van der Waals surface area contributed by atoms with Crippen LogP contribution in [0, 0.1) is 32.5 Å². The molecule has 0 atom stereocenters. The molecular weight excluding hydrogens is 1460 g/mol. The maximum Gasteiger partial charge on any atom is 0.234 e. The van der Waals surface area contributed by atoms with Crippen LogP contribution in [0.25, 0.3) is 26.7 Å². The molecule has 0 spiro atoms. The summed E-state index contributed by atoms with van der Waals surface area (Å²) < 4.78 is 0. The van der Waals surface area contributed by atoms with E-state index in [-0.39, 0.29) is 105 Å². The zero-order valence-electron chi connectivity index (χ0n) is 36.1. The summed E-state index contributed by atoms with van der Waals surface area (Å²) in [6, 6.07) is 12.6. The van der Waals surface area contributed by atoms with Crippen LogP contribution in [-0.2, 0) is 114 Å². The van der Waals surface area contributed by atoms with E-state index in [1.165, 1.54) is 53.8 Å². The van der Waals surface area contributed by atoms with E-state index in [0.29, 0.717) is 5.69 Å². The fourth-order valence-electron chi connectivity index (χ4n) is 4.20. The SMILES string of the molecule is CC(=O)NN.CN(C)CCc1c[nH]c2ccc(C(C)(C)C)cc12.[C-]#N.[C-]#[N+]c1ccc2[nH]cc(CCN(C)C)c2c1.[CH-]=NNC(C)=O.[CH2-]NN.[CH2-]NNC(C)=O.[Re].[Re].[Re].[Re]. The van der Waals surface area contributed by atoms with Crippen molar-refractivity contribution in [2.24, 2.45) is 16.8 Å². The first-order chi connectivity index (χ1) is 26.3. The van der Waals surface area contributed by atoms with Gasteiger partial charge in [0, 0.05) is 144 Å². The zero-order chi connectivity index (χ0) is 43.9. The van der Waals surface area contributed by atoms with Crippen LogP contribution in [0.15, 0.2) is 53.9 Å². The molecule has 0 saturated carbocycles. The molecule has 3 amide bonds. The van der Waals surface area contributed by atoms with E-state index in [0.717, 1.165) is 31.4 Å². The average molecular weight is 1520 g/mol. The number of nitrogens with one attached hydrogen (secondary N) is 7. The van der Waals surface area contributed by atoms with Crippen molar-refractivity contribution in [3.8, 4) is 0 Å². The molecule has 60 heavy (non-hydrogen) atoms. The van der Waals surface area contributed by atoms with Crippen LogP contribution in [0.4, 0.5) is 5.69 Å². The quantitative estimate of drug-likeness (QED) is 0.0407. The number of rotatable bonds is 8. The Kier molecular flexibility index (Phi) is 50.8. The number of amides is 3. The van der Waals surface area contributed by atoms with Crippen molar-refractivity contribution < 1.29 is 96.1 Å². The third kappa shape index (κ3) is 35.7. The smallest absolute Gasteiger partial charge is 0.234 e.